The first-order valence-corrected chi connectivity index (χ1v) is 9.67. The van der Waals surface area contributed by atoms with E-state index in [1.54, 1.807) is 13.3 Å². The van der Waals surface area contributed by atoms with Crippen LogP contribution in [0.1, 0.15) is 60.3 Å². The van der Waals surface area contributed by atoms with Gasteiger partial charge in [-0.2, -0.15) is 0 Å². The van der Waals surface area contributed by atoms with Crippen molar-refractivity contribution < 1.29 is 14.3 Å². The molecule has 4 rings (SSSR count). The van der Waals surface area contributed by atoms with Crippen LogP contribution in [0.2, 0.25) is 0 Å². The fourth-order valence-corrected chi connectivity index (χ4v) is 5.04. The van der Waals surface area contributed by atoms with Gasteiger partial charge in [0.25, 0.3) is 0 Å². The summed E-state index contributed by atoms with van der Waals surface area (Å²) < 4.78 is 5.10. The van der Waals surface area contributed by atoms with E-state index in [4.69, 9.17) is 4.74 Å². The molecule has 2 aliphatic carbocycles. The highest BCUT2D eigenvalue weighted by molar-refractivity contribution is 5.89. The van der Waals surface area contributed by atoms with Gasteiger partial charge >= 0.3 is 5.97 Å². The number of esters is 1. The van der Waals surface area contributed by atoms with Gasteiger partial charge in [0.15, 0.2) is 0 Å². The van der Waals surface area contributed by atoms with E-state index in [1.807, 2.05) is 30.5 Å². The van der Waals surface area contributed by atoms with E-state index in [1.165, 1.54) is 5.56 Å². The zero-order valence-corrected chi connectivity index (χ0v) is 15.8. The fraction of sp³-hybridized carbons (Fsp3) is 0.455. The van der Waals surface area contributed by atoms with Gasteiger partial charge in [0.2, 0.25) is 0 Å². The number of ether oxygens (including phenoxy) is 1. The average molecular weight is 364 g/mol. The number of aromatic nitrogens is 2. The Morgan fingerprint density at radius 2 is 2.04 bits per heavy atom. The Kier molecular flexibility index (Phi) is 4.54. The third-order valence-corrected chi connectivity index (χ3v) is 6.36. The summed E-state index contributed by atoms with van der Waals surface area (Å²) in [5.74, 6) is 0.258. The number of hydrogen-bond donors (Lipinski definition) is 0. The van der Waals surface area contributed by atoms with Crippen molar-refractivity contribution >= 4 is 11.8 Å². The minimum absolute atomic E-state index is 0.00611. The number of carbonyl (C=O) groups excluding carboxylic acids is 2. The largest absolute Gasteiger partial charge is 0.462 e. The van der Waals surface area contributed by atoms with Crippen LogP contribution in [0.25, 0.3) is 0 Å². The van der Waals surface area contributed by atoms with Gasteiger partial charge < -0.3 is 4.74 Å². The van der Waals surface area contributed by atoms with Crippen molar-refractivity contribution in [2.24, 2.45) is 11.8 Å². The highest BCUT2D eigenvalue weighted by atomic mass is 16.5. The highest BCUT2D eigenvalue weighted by Crippen LogP contribution is 2.54. The first kappa shape index (κ1) is 17.8. The molecule has 0 spiro atoms. The van der Waals surface area contributed by atoms with Crippen LogP contribution in [0.3, 0.4) is 0 Å². The molecule has 0 bridgehead atoms. The predicted molar refractivity (Wildman–Crippen MR) is 100 cm³/mol. The number of carbonyl (C=O) groups is 2. The average Bonchev–Trinajstić information content (AvgIpc) is 2.71. The summed E-state index contributed by atoms with van der Waals surface area (Å²) in [6.07, 6.45) is 6.68. The molecule has 1 heterocycles. The van der Waals surface area contributed by atoms with Crippen molar-refractivity contribution in [1.29, 1.82) is 0 Å². The first-order chi connectivity index (χ1) is 13.1. The van der Waals surface area contributed by atoms with Crippen molar-refractivity contribution in [1.82, 2.24) is 9.97 Å². The van der Waals surface area contributed by atoms with Crippen LogP contribution in [0.4, 0.5) is 0 Å². The smallest absolute Gasteiger partial charge is 0.338 e. The van der Waals surface area contributed by atoms with Crippen LogP contribution < -0.4 is 0 Å². The predicted octanol–water partition coefficient (Wildman–Crippen LogP) is 3.50. The summed E-state index contributed by atoms with van der Waals surface area (Å²) in [7, 11) is 0. The van der Waals surface area contributed by atoms with Crippen molar-refractivity contribution in [3.05, 3.63) is 59.2 Å². The van der Waals surface area contributed by atoms with E-state index >= 15 is 0 Å². The van der Waals surface area contributed by atoms with E-state index in [0.717, 1.165) is 30.5 Å². The molecule has 2 aliphatic rings. The molecule has 1 aromatic carbocycles. The lowest BCUT2D eigenvalue weighted by Crippen LogP contribution is -2.50. The number of ketones is 1. The van der Waals surface area contributed by atoms with Crippen molar-refractivity contribution in [2.75, 3.05) is 6.61 Å². The lowest BCUT2D eigenvalue weighted by Gasteiger charge is -2.50. The Morgan fingerprint density at radius 3 is 2.78 bits per heavy atom. The molecule has 1 unspecified atom stereocenters. The fourth-order valence-electron chi connectivity index (χ4n) is 5.04. The molecule has 5 heteroatoms. The molecule has 1 aromatic heterocycles. The number of Topliss-reactive ketones (excluding diaryl/α,β-unsaturated/α-hetero) is 1. The van der Waals surface area contributed by atoms with Crippen LogP contribution in [0, 0.1) is 11.8 Å². The van der Waals surface area contributed by atoms with Crippen LogP contribution >= 0.6 is 0 Å². The molecule has 0 radical (unpaired) electrons. The van der Waals surface area contributed by atoms with Crippen molar-refractivity contribution in [3.63, 3.8) is 0 Å². The minimum Gasteiger partial charge on any atom is -0.462 e. The Labute approximate surface area is 159 Å². The molecule has 0 aliphatic heterocycles. The van der Waals surface area contributed by atoms with Crippen molar-refractivity contribution in [3.8, 4) is 0 Å². The van der Waals surface area contributed by atoms with Crippen LogP contribution in [0.15, 0.2) is 36.8 Å². The molecule has 0 saturated heterocycles. The molecule has 3 atom stereocenters. The second-order valence-electron chi connectivity index (χ2n) is 7.57. The second-order valence-corrected chi connectivity index (χ2v) is 7.57. The molecule has 5 nitrogen and oxygen atoms in total. The molecular weight excluding hydrogens is 340 g/mol. The Hall–Kier alpha value is -2.56. The molecular formula is C22H24N2O3. The van der Waals surface area contributed by atoms with E-state index in [-0.39, 0.29) is 23.2 Å². The van der Waals surface area contributed by atoms with E-state index < -0.39 is 0 Å². The van der Waals surface area contributed by atoms with Crippen LogP contribution in [0.5, 0.6) is 0 Å². The van der Waals surface area contributed by atoms with E-state index in [0.29, 0.717) is 24.4 Å². The van der Waals surface area contributed by atoms with Crippen molar-refractivity contribution in [2.45, 2.75) is 44.9 Å². The van der Waals surface area contributed by atoms with Gasteiger partial charge in [0.05, 0.1) is 17.9 Å². The zero-order chi connectivity index (χ0) is 19.0. The molecule has 1 saturated carbocycles. The maximum atomic E-state index is 12.5. The normalized spacial score (nSPS) is 26.8. The maximum absolute atomic E-state index is 12.5. The number of fused-ring (bicyclic) bond motifs is 3. The van der Waals surface area contributed by atoms with E-state index in [9.17, 15) is 9.59 Å². The summed E-state index contributed by atoms with van der Waals surface area (Å²) in [6.45, 7) is 4.21. The summed E-state index contributed by atoms with van der Waals surface area (Å²) >= 11 is 0. The minimum atomic E-state index is -0.309. The van der Waals surface area contributed by atoms with Gasteiger partial charge in [-0.15, -0.1) is 0 Å². The van der Waals surface area contributed by atoms with Gasteiger partial charge in [-0.3, -0.25) is 4.79 Å². The third-order valence-electron chi connectivity index (χ3n) is 6.36. The standard InChI is InChI=1S/C22H24N2O3/c1-3-27-21(26)15-4-7-17(8-5-15)22-11-10-19(25)14(2)18(22)9-6-16-12-23-13-24-20(16)22/h4-5,7-8,12-14,18H,3,6,9-11H2,1-2H3/t14-,18-,22?/m0/s1. The summed E-state index contributed by atoms with van der Waals surface area (Å²) in [6, 6.07) is 7.68. The molecule has 0 amide bonds. The lowest BCUT2D eigenvalue weighted by molar-refractivity contribution is -0.128. The molecule has 27 heavy (non-hydrogen) atoms. The quantitative estimate of drug-likeness (QED) is 0.780. The molecule has 1 fully saturated rings. The Bertz CT molecular complexity index is 877. The number of hydrogen-bond acceptors (Lipinski definition) is 5. The summed E-state index contributed by atoms with van der Waals surface area (Å²) in [5, 5.41) is 0. The zero-order valence-electron chi connectivity index (χ0n) is 15.8. The van der Waals surface area contributed by atoms with Gasteiger partial charge in [-0.25, -0.2) is 14.8 Å². The number of aryl methyl sites for hydroxylation is 1. The SMILES string of the molecule is CCOC(=O)c1ccc(C23CCC(=O)[C@@H](C)[C@@H]2CCc2cncnc23)cc1. The van der Waals surface area contributed by atoms with Gasteiger partial charge in [-0.1, -0.05) is 19.1 Å². The third kappa shape index (κ3) is 2.76. The van der Waals surface area contributed by atoms with Crippen LogP contribution in [-0.4, -0.2) is 28.3 Å². The van der Waals surface area contributed by atoms with Crippen LogP contribution in [-0.2, 0) is 21.4 Å². The summed E-state index contributed by atoms with van der Waals surface area (Å²) in [4.78, 5) is 33.4. The maximum Gasteiger partial charge on any atom is 0.338 e. The van der Waals surface area contributed by atoms with Gasteiger partial charge in [-0.05, 0) is 55.4 Å². The number of rotatable bonds is 3. The summed E-state index contributed by atoms with van der Waals surface area (Å²) in [5.41, 5.74) is 3.60. The van der Waals surface area contributed by atoms with Gasteiger partial charge in [0.1, 0.15) is 12.1 Å². The van der Waals surface area contributed by atoms with E-state index in [2.05, 4.69) is 16.9 Å². The second kappa shape index (κ2) is 6.87. The molecule has 140 valence electrons. The number of nitrogens with zero attached hydrogens (tertiary/aromatic N) is 2. The lowest BCUT2D eigenvalue weighted by atomic mass is 9.53. The Balaban J connectivity index is 1.83. The first-order valence-electron chi connectivity index (χ1n) is 9.67. The number of benzene rings is 1. The highest BCUT2D eigenvalue weighted by Gasteiger charge is 2.52. The monoisotopic (exact) mass is 364 g/mol. The molecule has 0 N–H and O–H groups in total. The van der Waals surface area contributed by atoms with Gasteiger partial charge in [0, 0.05) is 24.0 Å². The molecule has 2 aromatic rings. The Morgan fingerprint density at radius 1 is 1.26 bits per heavy atom. The topological polar surface area (TPSA) is 69.2 Å².